The van der Waals surface area contributed by atoms with Gasteiger partial charge in [0.1, 0.15) is 16.3 Å². The van der Waals surface area contributed by atoms with Gasteiger partial charge in [-0.25, -0.2) is 9.37 Å². The quantitative estimate of drug-likeness (QED) is 0.830. The maximum Gasteiger partial charge on any atom is 0.123 e. The number of hydrogen-bond donors (Lipinski definition) is 1. The highest BCUT2D eigenvalue weighted by molar-refractivity contribution is 9.10. The van der Waals surface area contributed by atoms with E-state index in [0.29, 0.717) is 4.64 Å². The van der Waals surface area contributed by atoms with Crippen molar-refractivity contribution in [3.63, 3.8) is 0 Å². The molecule has 5 heteroatoms. The first kappa shape index (κ1) is 13.4. The fourth-order valence-electron chi connectivity index (χ4n) is 1.70. The van der Waals surface area contributed by atoms with Crippen LogP contribution in [0.1, 0.15) is 25.2 Å². The number of H-pyrrole nitrogens is 1. The predicted molar refractivity (Wildman–Crippen MR) is 75.6 cm³/mol. The molecule has 0 spiro atoms. The maximum absolute atomic E-state index is 12.9. The Morgan fingerprint density at radius 1 is 1.28 bits per heavy atom. The van der Waals surface area contributed by atoms with E-state index in [0.717, 1.165) is 15.9 Å². The highest BCUT2D eigenvalue weighted by atomic mass is 79.9. The lowest BCUT2D eigenvalue weighted by atomic mass is 9.84. The summed E-state index contributed by atoms with van der Waals surface area (Å²) in [5, 5.41) is 0. The number of nitrogens with one attached hydrogen (secondary N) is 1. The summed E-state index contributed by atoms with van der Waals surface area (Å²) in [6.07, 6.45) is 1.68. The minimum Gasteiger partial charge on any atom is -0.333 e. The van der Waals surface area contributed by atoms with Crippen molar-refractivity contribution in [2.45, 2.75) is 19.3 Å². The molecule has 1 N–H and O–H groups in total. The van der Waals surface area contributed by atoms with Crippen molar-refractivity contribution in [2.24, 2.45) is 0 Å². The Labute approximate surface area is 118 Å². The minimum absolute atomic E-state index is 0.244. The van der Waals surface area contributed by atoms with E-state index in [1.807, 2.05) is 13.8 Å². The molecular weight excluding hydrogens is 315 g/mol. The number of rotatable bonds is 2. The molecule has 0 amide bonds. The van der Waals surface area contributed by atoms with Gasteiger partial charge in [0.25, 0.3) is 0 Å². The number of halogens is 2. The number of aromatic nitrogens is 2. The van der Waals surface area contributed by atoms with Gasteiger partial charge in [0, 0.05) is 11.6 Å². The van der Waals surface area contributed by atoms with Crippen molar-refractivity contribution in [1.82, 2.24) is 9.97 Å². The summed E-state index contributed by atoms with van der Waals surface area (Å²) in [6, 6.07) is 6.42. The van der Waals surface area contributed by atoms with Crippen LogP contribution in [0.4, 0.5) is 4.39 Å². The van der Waals surface area contributed by atoms with E-state index in [4.69, 9.17) is 12.2 Å². The zero-order chi connectivity index (χ0) is 13.3. The molecule has 2 rings (SSSR count). The molecule has 2 nitrogen and oxygen atoms in total. The van der Waals surface area contributed by atoms with E-state index in [1.165, 1.54) is 12.1 Å². The number of aromatic amines is 1. The monoisotopic (exact) mass is 326 g/mol. The van der Waals surface area contributed by atoms with E-state index < -0.39 is 0 Å². The summed E-state index contributed by atoms with van der Waals surface area (Å²) in [5.41, 5.74) is 0.617. The van der Waals surface area contributed by atoms with E-state index in [1.54, 1.807) is 18.3 Å². The molecule has 0 fully saturated rings. The van der Waals surface area contributed by atoms with Gasteiger partial charge >= 0.3 is 0 Å². The average molecular weight is 327 g/mol. The summed E-state index contributed by atoms with van der Waals surface area (Å²) in [7, 11) is 0. The molecular formula is C13H12BrFN2S. The Morgan fingerprint density at radius 2 is 1.89 bits per heavy atom. The number of benzene rings is 1. The molecule has 0 bridgehead atoms. The molecule has 0 radical (unpaired) electrons. The van der Waals surface area contributed by atoms with E-state index in [9.17, 15) is 4.39 Å². The second-order valence-electron chi connectivity index (χ2n) is 4.54. The lowest BCUT2D eigenvalue weighted by Crippen LogP contribution is -2.22. The molecule has 0 aliphatic rings. The van der Waals surface area contributed by atoms with Crippen LogP contribution in [-0.4, -0.2) is 9.97 Å². The SMILES string of the molecule is CC(C)(c1ccc(F)cc1)c1ncc(Br)c(=S)[nH]1. The summed E-state index contributed by atoms with van der Waals surface area (Å²) in [6.45, 7) is 4.03. The molecule has 0 aliphatic carbocycles. The van der Waals surface area contributed by atoms with E-state index >= 15 is 0 Å². The first-order valence-electron chi connectivity index (χ1n) is 5.42. The lowest BCUT2D eigenvalue weighted by Gasteiger charge is -2.24. The maximum atomic E-state index is 12.9. The molecule has 0 aliphatic heterocycles. The van der Waals surface area contributed by atoms with Gasteiger partial charge in [0.05, 0.1) is 4.47 Å². The van der Waals surface area contributed by atoms with Crippen LogP contribution >= 0.6 is 28.1 Å². The van der Waals surface area contributed by atoms with Gasteiger partial charge < -0.3 is 4.98 Å². The Balaban J connectivity index is 2.50. The van der Waals surface area contributed by atoms with Crippen molar-refractivity contribution in [3.8, 4) is 0 Å². The minimum atomic E-state index is -0.359. The standard InChI is InChI=1S/C13H12BrFN2S/c1-13(2,8-3-5-9(15)6-4-8)12-16-7-10(14)11(18)17-12/h3-7H,1-2H3,(H,16,17,18). The average Bonchev–Trinajstić information content (AvgIpc) is 2.33. The van der Waals surface area contributed by atoms with Crippen molar-refractivity contribution in [1.29, 1.82) is 0 Å². The highest BCUT2D eigenvalue weighted by Gasteiger charge is 2.25. The van der Waals surface area contributed by atoms with Crippen LogP contribution in [-0.2, 0) is 5.41 Å². The van der Waals surface area contributed by atoms with Crippen molar-refractivity contribution in [2.75, 3.05) is 0 Å². The molecule has 0 unspecified atom stereocenters. The van der Waals surface area contributed by atoms with Crippen LogP contribution in [0.5, 0.6) is 0 Å². The molecule has 0 atom stereocenters. The van der Waals surface area contributed by atoms with Crippen molar-refractivity contribution < 1.29 is 4.39 Å². The molecule has 1 heterocycles. The van der Waals surface area contributed by atoms with Crippen molar-refractivity contribution >= 4 is 28.1 Å². The zero-order valence-corrected chi connectivity index (χ0v) is 12.4. The first-order valence-corrected chi connectivity index (χ1v) is 6.63. The molecule has 94 valence electrons. The predicted octanol–water partition coefficient (Wildman–Crippen LogP) is 4.37. The lowest BCUT2D eigenvalue weighted by molar-refractivity contribution is 0.581. The fourth-order valence-corrected chi connectivity index (χ4v) is 2.05. The summed E-state index contributed by atoms with van der Waals surface area (Å²) >= 11 is 8.49. The fraction of sp³-hybridized carbons (Fsp3) is 0.231. The smallest absolute Gasteiger partial charge is 0.123 e. The Hall–Kier alpha value is -1.07. The third kappa shape index (κ3) is 2.52. The van der Waals surface area contributed by atoms with Crippen molar-refractivity contribution in [3.05, 3.63) is 56.8 Å². The third-order valence-electron chi connectivity index (χ3n) is 2.91. The van der Waals surface area contributed by atoms with Crippen LogP contribution < -0.4 is 0 Å². The van der Waals surface area contributed by atoms with Gasteiger partial charge in [-0.1, -0.05) is 24.4 Å². The van der Waals surface area contributed by atoms with Crippen LogP contribution in [0.15, 0.2) is 34.9 Å². The summed E-state index contributed by atoms with van der Waals surface area (Å²) < 4.78 is 14.3. The van der Waals surface area contributed by atoms with E-state index in [2.05, 4.69) is 25.9 Å². The normalized spacial score (nSPS) is 11.6. The summed E-state index contributed by atoms with van der Waals surface area (Å²) in [4.78, 5) is 7.44. The largest absolute Gasteiger partial charge is 0.333 e. The van der Waals surface area contributed by atoms with Crippen LogP contribution in [0, 0.1) is 10.5 Å². The third-order valence-corrected chi connectivity index (χ3v) is 4.10. The summed E-state index contributed by atoms with van der Waals surface area (Å²) in [5.74, 6) is 0.508. The van der Waals surface area contributed by atoms with Gasteiger partial charge in [-0.15, -0.1) is 0 Å². The molecule has 1 aromatic heterocycles. The van der Waals surface area contributed by atoms with Gasteiger partial charge in [0.15, 0.2) is 0 Å². The van der Waals surface area contributed by atoms with Gasteiger partial charge in [-0.05, 0) is 47.5 Å². The van der Waals surface area contributed by atoms with Crippen LogP contribution in [0.3, 0.4) is 0 Å². The Kier molecular flexibility index (Phi) is 3.64. The van der Waals surface area contributed by atoms with Gasteiger partial charge in [-0.2, -0.15) is 0 Å². The van der Waals surface area contributed by atoms with Gasteiger partial charge in [-0.3, -0.25) is 0 Å². The molecule has 18 heavy (non-hydrogen) atoms. The molecule has 2 aromatic rings. The number of nitrogens with zero attached hydrogens (tertiary/aromatic N) is 1. The Bertz CT molecular complexity index is 620. The number of hydrogen-bond acceptors (Lipinski definition) is 2. The zero-order valence-electron chi connectivity index (χ0n) is 10.00. The van der Waals surface area contributed by atoms with Crippen LogP contribution in [0.2, 0.25) is 0 Å². The second kappa shape index (κ2) is 4.90. The molecule has 0 saturated heterocycles. The highest BCUT2D eigenvalue weighted by Crippen LogP contribution is 2.29. The van der Waals surface area contributed by atoms with Crippen LogP contribution in [0.25, 0.3) is 0 Å². The second-order valence-corrected chi connectivity index (χ2v) is 5.80. The molecule has 0 saturated carbocycles. The molecule has 1 aromatic carbocycles. The topological polar surface area (TPSA) is 28.7 Å². The van der Waals surface area contributed by atoms with Gasteiger partial charge in [0.2, 0.25) is 0 Å². The first-order chi connectivity index (χ1) is 8.41. The van der Waals surface area contributed by atoms with E-state index in [-0.39, 0.29) is 11.2 Å². The Morgan fingerprint density at radius 3 is 2.44 bits per heavy atom.